The third kappa shape index (κ3) is 5.21. The van der Waals surface area contributed by atoms with Crippen molar-refractivity contribution in [3.05, 3.63) is 33.2 Å². The fraction of sp³-hybridized carbons (Fsp3) is 0.583. The van der Waals surface area contributed by atoms with Gasteiger partial charge < -0.3 is 24.1 Å². The van der Waals surface area contributed by atoms with Crippen molar-refractivity contribution in [3.63, 3.8) is 0 Å². The van der Waals surface area contributed by atoms with E-state index in [0.29, 0.717) is 35.6 Å². The molecular weight excluding hydrogens is 396 g/mol. The van der Waals surface area contributed by atoms with Crippen molar-refractivity contribution in [2.45, 2.75) is 58.5 Å². The number of fused-ring (bicyclic) bond motifs is 3. The smallest absolute Gasteiger partial charge is 0.339 e. The summed E-state index contributed by atoms with van der Waals surface area (Å²) in [6.45, 7) is 7.52. The zero-order chi connectivity index (χ0) is 22.8. The van der Waals surface area contributed by atoms with E-state index in [9.17, 15) is 9.59 Å². The topological polar surface area (TPSA) is 81.0 Å². The van der Waals surface area contributed by atoms with Gasteiger partial charge in [-0.25, -0.2) is 4.79 Å². The molecule has 0 spiro atoms. The maximum Gasteiger partial charge on any atom is 0.339 e. The molecule has 31 heavy (non-hydrogen) atoms. The fourth-order valence-corrected chi connectivity index (χ4v) is 4.08. The number of amides is 1. The minimum atomic E-state index is -0.398. The fourth-order valence-electron chi connectivity index (χ4n) is 4.08. The average molecular weight is 431 g/mol. The molecule has 0 bridgehead atoms. The molecule has 1 amide bonds. The van der Waals surface area contributed by atoms with Crippen molar-refractivity contribution in [1.29, 1.82) is 0 Å². The summed E-state index contributed by atoms with van der Waals surface area (Å²) in [6, 6.07) is 1.88. The van der Waals surface area contributed by atoms with Crippen LogP contribution in [0.5, 0.6) is 11.5 Å². The highest BCUT2D eigenvalue weighted by Gasteiger charge is 2.31. The highest BCUT2D eigenvalue weighted by molar-refractivity contribution is 5.92. The molecule has 0 saturated carbocycles. The molecule has 0 fully saturated rings. The summed E-state index contributed by atoms with van der Waals surface area (Å²) in [6.07, 6.45) is 3.05. The van der Waals surface area contributed by atoms with Gasteiger partial charge in [-0.1, -0.05) is 0 Å². The van der Waals surface area contributed by atoms with Gasteiger partial charge in [0.15, 0.2) is 0 Å². The second-order valence-electron chi connectivity index (χ2n) is 9.12. The first-order valence-electron chi connectivity index (χ1n) is 10.9. The van der Waals surface area contributed by atoms with Crippen LogP contribution < -0.4 is 20.4 Å². The normalized spacial score (nSPS) is 14.9. The van der Waals surface area contributed by atoms with E-state index >= 15 is 0 Å². The van der Waals surface area contributed by atoms with Gasteiger partial charge in [-0.05, 0) is 72.7 Å². The molecule has 1 aliphatic heterocycles. The number of hydrogen-bond acceptors (Lipinski definition) is 6. The van der Waals surface area contributed by atoms with Gasteiger partial charge >= 0.3 is 5.63 Å². The van der Waals surface area contributed by atoms with Crippen LogP contribution in [-0.2, 0) is 17.6 Å². The Kier molecular flexibility index (Phi) is 6.94. The Labute approximate surface area is 183 Å². The van der Waals surface area contributed by atoms with Crippen LogP contribution in [0, 0.1) is 6.92 Å². The van der Waals surface area contributed by atoms with Crippen LogP contribution in [0.4, 0.5) is 0 Å². The number of benzene rings is 1. The van der Waals surface area contributed by atoms with Gasteiger partial charge in [0, 0.05) is 30.2 Å². The lowest BCUT2D eigenvalue weighted by molar-refractivity contribution is -0.121. The summed E-state index contributed by atoms with van der Waals surface area (Å²) < 4.78 is 17.5. The molecular formula is C24H34N2O5. The summed E-state index contributed by atoms with van der Waals surface area (Å²) in [5, 5.41) is 3.70. The van der Waals surface area contributed by atoms with E-state index in [-0.39, 0.29) is 17.9 Å². The summed E-state index contributed by atoms with van der Waals surface area (Å²) >= 11 is 0. The maximum absolute atomic E-state index is 12.8. The Balaban J connectivity index is 1.86. The highest BCUT2D eigenvalue weighted by Crippen LogP contribution is 2.43. The van der Waals surface area contributed by atoms with E-state index in [2.05, 4.69) is 10.2 Å². The Bertz CT molecular complexity index is 1020. The van der Waals surface area contributed by atoms with Crippen LogP contribution in [0.3, 0.4) is 0 Å². The van der Waals surface area contributed by atoms with E-state index in [1.165, 1.54) is 0 Å². The van der Waals surface area contributed by atoms with Crippen LogP contribution >= 0.6 is 0 Å². The highest BCUT2D eigenvalue weighted by atomic mass is 16.5. The molecule has 3 rings (SSSR count). The number of hydrogen-bond donors (Lipinski definition) is 1. The van der Waals surface area contributed by atoms with Crippen LogP contribution in [0.25, 0.3) is 11.0 Å². The molecule has 2 heterocycles. The van der Waals surface area contributed by atoms with Gasteiger partial charge in [0.05, 0.1) is 12.5 Å². The zero-order valence-corrected chi connectivity index (χ0v) is 19.5. The molecule has 1 N–H and O–H groups in total. The van der Waals surface area contributed by atoms with Crippen molar-refractivity contribution < 1.29 is 18.7 Å². The maximum atomic E-state index is 12.8. The molecule has 7 heteroatoms. The predicted octanol–water partition coefficient (Wildman–Crippen LogP) is 3.21. The third-order valence-electron chi connectivity index (χ3n) is 5.87. The molecule has 7 nitrogen and oxygen atoms in total. The summed E-state index contributed by atoms with van der Waals surface area (Å²) in [5.74, 6) is 1.25. The Morgan fingerprint density at radius 1 is 1.32 bits per heavy atom. The van der Waals surface area contributed by atoms with Gasteiger partial charge in [-0.3, -0.25) is 4.79 Å². The van der Waals surface area contributed by atoms with E-state index < -0.39 is 5.63 Å². The number of ether oxygens (including phenoxy) is 2. The van der Waals surface area contributed by atoms with Crippen molar-refractivity contribution in [2.24, 2.45) is 0 Å². The van der Waals surface area contributed by atoms with Crippen molar-refractivity contribution in [2.75, 3.05) is 34.3 Å². The average Bonchev–Trinajstić information content (AvgIpc) is 2.69. The standard InChI is InChI=1S/C24H34N2O5/c1-15-16(8-9-20(27)25-12-7-13-26(4)5)23(28)30-22-17-10-11-24(2,3)31-18(17)14-19(29-6)21(15)22/h14H,7-13H2,1-6H3,(H,25,27). The lowest BCUT2D eigenvalue weighted by atomic mass is 9.91. The first kappa shape index (κ1) is 23.1. The minimum absolute atomic E-state index is 0.0642. The van der Waals surface area contributed by atoms with Gasteiger partial charge in [-0.15, -0.1) is 0 Å². The van der Waals surface area contributed by atoms with Gasteiger partial charge in [0.2, 0.25) is 5.91 Å². The molecule has 170 valence electrons. The zero-order valence-electron chi connectivity index (χ0n) is 19.5. The van der Waals surface area contributed by atoms with Gasteiger partial charge in [0.25, 0.3) is 0 Å². The number of carbonyl (C=O) groups is 1. The van der Waals surface area contributed by atoms with E-state index in [4.69, 9.17) is 13.9 Å². The van der Waals surface area contributed by atoms with Crippen molar-refractivity contribution in [3.8, 4) is 11.5 Å². The lowest BCUT2D eigenvalue weighted by Crippen LogP contribution is -2.32. The van der Waals surface area contributed by atoms with Crippen molar-refractivity contribution >= 4 is 16.9 Å². The molecule has 0 atom stereocenters. The Morgan fingerprint density at radius 2 is 2.06 bits per heavy atom. The number of methoxy groups -OCH3 is 1. The Morgan fingerprint density at radius 3 is 2.74 bits per heavy atom. The minimum Gasteiger partial charge on any atom is -0.496 e. The van der Waals surface area contributed by atoms with E-state index in [1.807, 2.05) is 40.9 Å². The molecule has 0 aliphatic carbocycles. The van der Waals surface area contributed by atoms with Crippen LogP contribution in [0.15, 0.2) is 15.3 Å². The quantitative estimate of drug-likeness (QED) is 0.512. The second-order valence-corrected chi connectivity index (χ2v) is 9.12. The molecule has 0 saturated heterocycles. The van der Waals surface area contributed by atoms with Gasteiger partial charge in [-0.2, -0.15) is 0 Å². The predicted molar refractivity (Wildman–Crippen MR) is 121 cm³/mol. The second kappa shape index (κ2) is 9.30. The summed E-state index contributed by atoms with van der Waals surface area (Å²) in [4.78, 5) is 27.1. The number of carbonyl (C=O) groups excluding carboxylic acids is 1. The molecule has 1 aromatic heterocycles. The first-order chi connectivity index (χ1) is 14.6. The monoisotopic (exact) mass is 430 g/mol. The van der Waals surface area contributed by atoms with Crippen molar-refractivity contribution in [1.82, 2.24) is 10.2 Å². The molecule has 1 aromatic carbocycles. The van der Waals surface area contributed by atoms with Crippen LogP contribution in [0.1, 0.15) is 49.8 Å². The first-order valence-corrected chi connectivity index (χ1v) is 10.9. The van der Waals surface area contributed by atoms with E-state index in [1.54, 1.807) is 7.11 Å². The number of nitrogens with zero attached hydrogens (tertiary/aromatic N) is 1. The Hall–Kier alpha value is -2.54. The molecule has 0 radical (unpaired) electrons. The third-order valence-corrected chi connectivity index (χ3v) is 5.87. The van der Waals surface area contributed by atoms with E-state index in [0.717, 1.165) is 42.3 Å². The van der Waals surface area contributed by atoms with Crippen LogP contribution in [0.2, 0.25) is 0 Å². The molecule has 0 unspecified atom stereocenters. The largest absolute Gasteiger partial charge is 0.496 e. The summed E-state index contributed by atoms with van der Waals surface area (Å²) in [5.41, 5.74) is 2.08. The molecule has 1 aliphatic rings. The summed E-state index contributed by atoms with van der Waals surface area (Å²) in [7, 11) is 5.60. The SMILES string of the molecule is COc1cc2c(c3oc(=O)c(CCC(=O)NCCCN(C)C)c(C)c13)CCC(C)(C)O2. The number of nitrogens with one attached hydrogen (secondary N) is 1. The van der Waals surface area contributed by atoms with Crippen LogP contribution in [-0.4, -0.2) is 50.7 Å². The number of aryl methyl sites for hydroxylation is 2. The van der Waals surface area contributed by atoms with Gasteiger partial charge in [0.1, 0.15) is 22.7 Å². The number of rotatable bonds is 8. The molecule has 2 aromatic rings. The lowest BCUT2D eigenvalue weighted by Gasteiger charge is -2.33.